The van der Waals surface area contributed by atoms with Gasteiger partial charge in [-0.15, -0.1) is 0 Å². The van der Waals surface area contributed by atoms with Gasteiger partial charge in [-0.1, -0.05) is 65.1 Å². The molecule has 98 valence electrons. The van der Waals surface area contributed by atoms with E-state index in [9.17, 15) is 0 Å². The zero-order valence-electron chi connectivity index (χ0n) is 10.8. The monoisotopic (exact) mass is 332 g/mol. The minimum Gasteiger partial charge on any atom is -0.0836 e. The van der Waals surface area contributed by atoms with E-state index in [1.54, 1.807) is 10.2 Å². The maximum Gasteiger partial charge on any atom is 0.0102 e. The molecule has 1 aliphatic carbocycles. The number of hydrogen-bond donors (Lipinski definition) is 0. The lowest BCUT2D eigenvalue weighted by molar-refractivity contribution is 0.663. The molecule has 0 saturated carbocycles. The molecule has 1 aliphatic rings. The van der Waals surface area contributed by atoms with Crippen molar-refractivity contribution in [3.05, 3.63) is 59.7 Å². The topological polar surface area (TPSA) is 0 Å². The second-order valence-corrected chi connectivity index (χ2v) is 7.04. The summed E-state index contributed by atoms with van der Waals surface area (Å²) in [5.41, 5.74) is 5.93. The second kappa shape index (κ2) is 6.15. The standard InChI is InChI=1S/C17H17BrS/c18-19-12-6-5-11-17-15-9-3-1-7-13(15)14-8-2-4-10-16(14)17/h1-4,7-10,17H,5-6,11-12H2. The summed E-state index contributed by atoms with van der Waals surface area (Å²) in [7, 11) is 1.77. The van der Waals surface area contributed by atoms with Gasteiger partial charge in [-0.2, -0.15) is 0 Å². The molecule has 0 radical (unpaired) electrons. The third-order valence-electron chi connectivity index (χ3n) is 3.93. The number of hydrogen-bond acceptors (Lipinski definition) is 1. The number of rotatable bonds is 5. The largest absolute Gasteiger partial charge is 0.0836 e. The van der Waals surface area contributed by atoms with Gasteiger partial charge in [0.15, 0.2) is 0 Å². The van der Waals surface area contributed by atoms with E-state index >= 15 is 0 Å². The molecule has 0 N–H and O–H groups in total. The highest BCUT2D eigenvalue weighted by Gasteiger charge is 2.27. The van der Waals surface area contributed by atoms with Crippen molar-refractivity contribution in [2.24, 2.45) is 0 Å². The van der Waals surface area contributed by atoms with Gasteiger partial charge in [0.05, 0.1) is 0 Å². The Bertz CT molecular complexity index is 519. The molecule has 0 aliphatic heterocycles. The predicted octanol–water partition coefficient (Wildman–Crippen LogP) is 6.01. The quantitative estimate of drug-likeness (QED) is 0.604. The van der Waals surface area contributed by atoms with E-state index in [0.29, 0.717) is 5.92 Å². The van der Waals surface area contributed by atoms with Gasteiger partial charge in [-0.25, -0.2) is 0 Å². The Morgan fingerprint density at radius 3 is 2.00 bits per heavy atom. The van der Waals surface area contributed by atoms with E-state index in [4.69, 9.17) is 0 Å². The van der Waals surface area contributed by atoms with Crippen LogP contribution in [0.2, 0.25) is 0 Å². The molecule has 3 rings (SSSR count). The van der Waals surface area contributed by atoms with Crippen molar-refractivity contribution in [3.63, 3.8) is 0 Å². The molecule has 0 atom stereocenters. The number of fused-ring (bicyclic) bond motifs is 3. The fourth-order valence-electron chi connectivity index (χ4n) is 3.08. The lowest BCUT2D eigenvalue weighted by atomic mass is 9.92. The van der Waals surface area contributed by atoms with Crippen LogP contribution in [-0.2, 0) is 0 Å². The summed E-state index contributed by atoms with van der Waals surface area (Å²) >= 11 is 3.43. The Kier molecular flexibility index (Phi) is 4.29. The van der Waals surface area contributed by atoms with Crippen LogP contribution in [0.3, 0.4) is 0 Å². The van der Waals surface area contributed by atoms with Gasteiger partial charge in [0.25, 0.3) is 0 Å². The van der Waals surface area contributed by atoms with Crippen LogP contribution in [0.15, 0.2) is 48.5 Å². The summed E-state index contributed by atoms with van der Waals surface area (Å²) < 4.78 is 0. The number of benzene rings is 2. The molecule has 0 fully saturated rings. The Hall–Kier alpha value is -0.730. The number of unbranched alkanes of at least 4 members (excludes halogenated alkanes) is 1. The minimum absolute atomic E-state index is 0.604. The third-order valence-corrected chi connectivity index (χ3v) is 5.34. The molecule has 0 bridgehead atoms. The Morgan fingerprint density at radius 1 is 0.842 bits per heavy atom. The summed E-state index contributed by atoms with van der Waals surface area (Å²) in [5, 5.41) is 0. The van der Waals surface area contributed by atoms with Crippen LogP contribution in [0.25, 0.3) is 11.1 Å². The molecule has 0 nitrogen and oxygen atoms in total. The van der Waals surface area contributed by atoms with Crippen LogP contribution in [-0.4, -0.2) is 5.75 Å². The first-order valence-electron chi connectivity index (χ1n) is 6.83. The number of halogens is 1. The molecule has 2 aromatic rings. The van der Waals surface area contributed by atoms with Crippen LogP contribution >= 0.6 is 25.0 Å². The average molecular weight is 333 g/mol. The van der Waals surface area contributed by atoms with E-state index < -0.39 is 0 Å². The van der Waals surface area contributed by atoms with Gasteiger partial charge in [0, 0.05) is 11.7 Å². The third kappa shape index (κ3) is 2.61. The van der Waals surface area contributed by atoms with Gasteiger partial charge in [-0.05, 0) is 49.9 Å². The highest BCUT2D eigenvalue weighted by molar-refractivity contribution is 9.50. The molecule has 2 aromatic carbocycles. The molecule has 0 heterocycles. The van der Waals surface area contributed by atoms with Gasteiger partial charge < -0.3 is 0 Å². The fourth-order valence-corrected chi connectivity index (χ4v) is 4.08. The second-order valence-electron chi connectivity index (χ2n) is 5.04. The van der Waals surface area contributed by atoms with Crippen LogP contribution in [0.5, 0.6) is 0 Å². The van der Waals surface area contributed by atoms with Crippen LogP contribution < -0.4 is 0 Å². The maximum atomic E-state index is 3.43. The molecule has 19 heavy (non-hydrogen) atoms. The highest BCUT2D eigenvalue weighted by atomic mass is 79.9. The highest BCUT2D eigenvalue weighted by Crippen LogP contribution is 2.46. The van der Waals surface area contributed by atoms with Crippen LogP contribution in [0.1, 0.15) is 36.3 Å². The lowest BCUT2D eigenvalue weighted by Crippen LogP contribution is -1.97. The summed E-state index contributed by atoms with van der Waals surface area (Å²) in [5.74, 6) is 1.81. The van der Waals surface area contributed by atoms with Crippen molar-refractivity contribution in [2.75, 3.05) is 5.75 Å². The SMILES string of the molecule is BrSCCCCC1c2ccccc2-c2ccccc21. The molecule has 0 aromatic heterocycles. The minimum atomic E-state index is 0.604. The van der Waals surface area contributed by atoms with Crippen molar-refractivity contribution < 1.29 is 0 Å². The van der Waals surface area contributed by atoms with E-state index in [1.807, 2.05) is 0 Å². The summed E-state index contributed by atoms with van der Waals surface area (Å²) in [6, 6.07) is 17.8. The van der Waals surface area contributed by atoms with Crippen LogP contribution in [0, 0.1) is 0 Å². The zero-order chi connectivity index (χ0) is 13.1. The lowest BCUT2D eigenvalue weighted by Gasteiger charge is -2.13. The molecule has 0 spiro atoms. The molecular formula is C17H17BrS. The Labute approximate surface area is 126 Å². The summed E-state index contributed by atoms with van der Waals surface area (Å²) in [6.07, 6.45) is 3.85. The van der Waals surface area contributed by atoms with E-state index in [1.165, 1.54) is 47.3 Å². The predicted molar refractivity (Wildman–Crippen MR) is 89.0 cm³/mol. The smallest absolute Gasteiger partial charge is 0.0102 e. The van der Waals surface area contributed by atoms with Crippen molar-refractivity contribution in [1.29, 1.82) is 0 Å². The van der Waals surface area contributed by atoms with Gasteiger partial charge >= 0.3 is 0 Å². The van der Waals surface area contributed by atoms with E-state index in [2.05, 4.69) is 63.3 Å². The van der Waals surface area contributed by atoms with E-state index in [-0.39, 0.29) is 0 Å². The zero-order valence-corrected chi connectivity index (χ0v) is 13.2. The maximum absolute atomic E-state index is 3.43. The summed E-state index contributed by atoms with van der Waals surface area (Å²) in [6.45, 7) is 0. The normalized spacial score (nSPS) is 13.3. The van der Waals surface area contributed by atoms with Crippen molar-refractivity contribution in [1.82, 2.24) is 0 Å². The first-order chi connectivity index (χ1) is 9.42. The Balaban J connectivity index is 1.87. The molecule has 2 heteroatoms. The van der Waals surface area contributed by atoms with Gasteiger partial charge in [0.1, 0.15) is 0 Å². The first-order valence-corrected chi connectivity index (χ1v) is 9.66. The van der Waals surface area contributed by atoms with E-state index in [0.717, 1.165) is 0 Å². The molecule has 0 saturated heterocycles. The Morgan fingerprint density at radius 2 is 1.42 bits per heavy atom. The average Bonchev–Trinajstić information content (AvgIpc) is 2.78. The van der Waals surface area contributed by atoms with Crippen LogP contribution in [0.4, 0.5) is 0 Å². The molecule has 0 unspecified atom stereocenters. The van der Waals surface area contributed by atoms with Gasteiger partial charge in [-0.3, -0.25) is 0 Å². The first kappa shape index (κ1) is 13.3. The fraction of sp³-hybridized carbons (Fsp3) is 0.294. The van der Waals surface area contributed by atoms with Crippen molar-refractivity contribution >= 4 is 25.0 Å². The summed E-state index contributed by atoms with van der Waals surface area (Å²) in [4.78, 5) is 0. The molecule has 0 amide bonds. The molecular weight excluding hydrogens is 316 g/mol. The van der Waals surface area contributed by atoms with Crippen molar-refractivity contribution in [3.8, 4) is 11.1 Å². The van der Waals surface area contributed by atoms with Gasteiger partial charge in [0.2, 0.25) is 0 Å². The van der Waals surface area contributed by atoms with Crippen molar-refractivity contribution in [2.45, 2.75) is 25.2 Å².